The number of hydrogen-bond donors (Lipinski definition) is 2. The number of fused-ring (bicyclic) bond motifs is 1. The molecule has 4 rings (SSSR count). The Labute approximate surface area is 169 Å². The lowest BCUT2D eigenvalue weighted by Gasteiger charge is -2.28. The molecule has 1 aliphatic carbocycles. The Kier molecular flexibility index (Phi) is 5.24. The van der Waals surface area contributed by atoms with Crippen LogP contribution < -0.4 is 10.5 Å². The minimum Gasteiger partial charge on any atom is -0.381 e. The first-order valence-corrected chi connectivity index (χ1v) is 11.0. The van der Waals surface area contributed by atoms with Gasteiger partial charge in [-0.25, -0.2) is 27.6 Å². The summed E-state index contributed by atoms with van der Waals surface area (Å²) in [5, 5.41) is 4.21. The Morgan fingerprint density at radius 3 is 2.69 bits per heavy atom. The Balaban J connectivity index is 1.65. The van der Waals surface area contributed by atoms with E-state index < -0.39 is 10.0 Å². The molecule has 9 nitrogen and oxygen atoms in total. The van der Waals surface area contributed by atoms with E-state index in [1.54, 1.807) is 36.0 Å². The summed E-state index contributed by atoms with van der Waals surface area (Å²) in [6.07, 6.45) is 6.42. The summed E-state index contributed by atoms with van der Waals surface area (Å²) in [5.74, 6) is 0.265. The molecular weight excluding hydrogens is 392 g/mol. The zero-order chi connectivity index (χ0) is 20.6. The molecule has 1 aliphatic rings. The normalized spacial score (nSPS) is 20.2. The topological polar surface area (TPSA) is 124 Å². The largest absolute Gasteiger partial charge is 0.381 e. The molecule has 0 radical (unpaired) electrons. The molecule has 2 aromatic heterocycles. The van der Waals surface area contributed by atoms with Crippen molar-refractivity contribution in [3.63, 3.8) is 0 Å². The van der Waals surface area contributed by atoms with Crippen LogP contribution in [-0.4, -0.2) is 47.3 Å². The highest BCUT2D eigenvalue weighted by atomic mass is 32.2. The molecule has 154 valence electrons. The van der Waals surface area contributed by atoms with Crippen molar-refractivity contribution < 1.29 is 13.2 Å². The lowest BCUT2D eigenvalue weighted by atomic mass is 9.94. The first-order chi connectivity index (χ1) is 13.9. The highest BCUT2D eigenvalue weighted by molar-refractivity contribution is 7.89. The maximum Gasteiger partial charge on any atom is 0.240 e. The second-order valence-electron chi connectivity index (χ2n) is 7.33. The molecule has 1 fully saturated rings. The van der Waals surface area contributed by atoms with Crippen LogP contribution >= 0.6 is 0 Å². The number of sulfonamides is 1. The molecule has 0 amide bonds. The molecule has 3 N–H and O–H groups in total. The number of methoxy groups -OCH3 is 1. The summed E-state index contributed by atoms with van der Waals surface area (Å²) in [6.45, 7) is 1.91. The Hall–Kier alpha value is -2.56. The highest BCUT2D eigenvalue weighted by Gasteiger charge is 2.26. The van der Waals surface area contributed by atoms with E-state index in [1.165, 1.54) is 6.33 Å². The van der Waals surface area contributed by atoms with Gasteiger partial charge in [0.05, 0.1) is 22.9 Å². The zero-order valence-corrected chi connectivity index (χ0v) is 17.2. The quantitative estimate of drug-likeness (QED) is 0.651. The maximum absolute atomic E-state index is 13.0. The first kappa shape index (κ1) is 19.7. The van der Waals surface area contributed by atoms with E-state index in [9.17, 15) is 8.42 Å². The van der Waals surface area contributed by atoms with Crippen LogP contribution in [-0.2, 0) is 14.8 Å². The maximum atomic E-state index is 13.0. The summed E-state index contributed by atoms with van der Waals surface area (Å²) in [5.41, 5.74) is 8.58. The molecule has 1 saturated carbocycles. The molecule has 29 heavy (non-hydrogen) atoms. The van der Waals surface area contributed by atoms with Gasteiger partial charge in [-0.15, -0.1) is 0 Å². The zero-order valence-electron chi connectivity index (χ0n) is 16.4. The number of nitrogens with one attached hydrogen (secondary N) is 1. The second kappa shape index (κ2) is 7.69. The molecule has 0 unspecified atom stereocenters. The van der Waals surface area contributed by atoms with Gasteiger partial charge in [-0.2, -0.15) is 5.10 Å². The summed E-state index contributed by atoms with van der Waals surface area (Å²) in [6, 6.07) is 4.98. The van der Waals surface area contributed by atoms with E-state index in [2.05, 4.69) is 19.8 Å². The van der Waals surface area contributed by atoms with Crippen molar-refractivity contribution in [2.24, 2.45) is 0 Å². The molecule has 10 heteroatoms. The fourth-order valence-corrected chi connectivity index (χ4v) is 5.10. The number of nitrogens with zero attached hydrogens (tertiary/aromatic N) is 4. The third-order valence-corrected chi connectivity index (χ3v) is 6.97. The van der Waals surface area contributed by atoms with Crippen molar-refractivity contribution in [2.75, 3.05) is 12.8 Å². The van der Waals surface area contributed by atoms with E-state index in [1.807, 2.05) is 6.92 Å². The fraction of sp³-hybridized carbons (Fsp3) is 0.421. The molecule has 1 aromatic carbocycles. The fourth-order valence-electron chi connectivity index (χ4n) is 3.77. The average molecular weight is 417 g/mol. The van der Waals surface area contributed by atoms with E-state index in [-0.39, 0.29) is 22.9 Å². The van der Waals surface area contributed by atoms with E-state index in [0.717, 1.165) is 36.8 Å². The van der Waals surface area contributed by atoms with Gasteiger partial charge in [0, 0.05) is 18.7 Å². The van der Waals surface area contributed by atoms with Crippen LogP contribution in [0.25, 0.3) is 16.9 Å². The second-order valence-corrected chi connectivity index (χ2v) is 9.05. The van der Waals surface area contributed by atoms with Crippen molar-refractivity contribution in [1.29, 1.82) is 0 Å². The van der Waals surface area contributed by atoms with Gasteiger partial charge in [0.15, 0.2) is 11.5 Å². The van der Waals surface area contributed by atoms with Crippen LogP contribution in [0, 0.1) is 6.92 Å². The van der Waals surface area contributed by atoms with Gasteiger partial charge in [-0.1, -0.05) is 6.07 Å². The van der Waals surface area contributed by atoms with Crippen LogP contribution in [0.5, 0.6) is 0 Å². The number of aryl methyl sites for hydroxylation is 1. The van der Waals surface area contributed by atoms with Crippen LogP contribution in [0.4, 0.5) is 5.82 Å². The Morgan fingerprint density at radius 1 is 1.21 bits per heavy atom. The minimum atomic E-state index is -3.65. The van der Waals surface area contributed by atoms with Gasteiger partial charge in [0.1, 0.15) is 6.33 Å². The molecule has 3 aromatic rings. The van der Waals surface area contributed by atoms with E-state index >= 15 is 0 Å². The summed E-state index contributed by atoms with van der Waals surface area (Å²) < 4.78 is 35.8. The number of aromatic nitrogens is 4. The molecule has 0 aliphatic heterocycles. The first-order valence-electron chi connectivity index (χ1n) is 9.49. The van der Waals surface area contributed by atoms with Crippen LogP contribution in [0.2, 0.25) is 0 Å². The third kappa shape index (κ3) is 3.83. The molecular formula is C19H24N6O3S. The monoisotopic (exact) mass is 416 g/mol. The molecule has 2 heterocycles. The molecule has 0 spiro atoms. The molecule has 0 atom stereocenters. The van der Waals surface area contributed by atoms with E-state index in [4.69, 9.17) is 10.5 Å². The number of hydrogen-bond acceptors (Lipinski definition) is 7. The SMILES string of the molecule is COC1CCC(NS(=O)(=O)c2ccc(C)c(-c3cnc4c(N)ncnn34)c2)CC1. The highest BCUT2D eigenvalue weighted by Crippen LogP contribution is 2.28. The smallest absolute Gasteiger partial charge is 0.240 e. The van der Waals surface area contributed by atoms with Gasteiger partial charge < -0.3 is 10.5 Å². The standard InChI is InChI=1S/C19H24N6O3S/c1-12-3-8-15(29(26,27)24-13-4-6-14(28-2)7-5-13)9-16(12)17-10-21-19-18(20)22-11-23-25(17)19/h3,8-11,13-14,24H,4-7H2,1-2H3,(H2,20,22,23). The number of nitrogens with two attached hydrogens (primary N) is 1. The van der Waals surface area contributed by atoms with Crippen LogP contribution in [0.1, 0.15) is 31.2 Å². The summed E-state index contributed by atoms with van der Waals surface area (Å²) >= 11 is 0. The van der Waals surface area contributed by atoms with Crippen molar-refractivity contribution in [3.8, 4) is 11.3 Å². The van der Waals surface area contributed by atoms with Crippen LogP contribution in [0.15, 0.2) is 35.6 Å². The average Bonchev–Trinajstić information content (AvgIpc) is 3.14. The van der Waals surface area contributed by atoms with E-state index in [0.29, 0.717) is 11.3 Å². The summed E-state index contributed by atoms with van der Waals surface area (Å²) in [4.78, 5) is 8.42. The number of rotatable bonds is 5. The summed E-state index contributed by atoms with van der Waals surface area (Å²) in [7, 11) is -1.96. The molecule has 0 saturated heterocycles. The van der Waals surface area contributed by atoms with Gasteiger partial charge in [0.2, 0.25) is 10.0 Å². The van der Waals surface area contributed by atoms with Gasteiger partial charge in [0.25, 0.3) is 0 Å². The molecule has 0 bridgehead atoms. The minimum absolute atomic E-state index is 0.0838. The predicted octanol–water partition coefficient (Wildman–Crippen LogP) is 1.92. The third-order valence-electron chi connectivity index (χ3n) is 5.46. The number of ether oxygens (including phenoxy) is 1. The Morgan fingerprint density at radius 2 is 1.97 bits per heavy atom. The van der Waals surface area contributed by atoms with Crippen molar-refractivity contribution in [2.45, 2.75) is 49.6 Å². The Bertz CT molecular complexity index is 1140. The van der Waals surface area contributed by atoms with Gasteiger partial charge in [-0.3, -0.25) is 0 Å². The lowest BCUT2D eigenvalue weighted by Crippen LogP contribution is -2.38. The lowest BCUT2D eigenvalue weighted by molar-refractivity contribution is 0.0649. The van der Waals surface area contributed by atoms with Crippen LogP contribution in [0.3, 0.4) is 0 Å². The number of nitrogen functional groups attached to an aromatic ring is 1. The van der Waals surface area contributed by atoms with Gasteiger partial charge in [-0.05, 0) is 50.3 Å². The van der Waals surface area contributed by atoms with Crippen molar-refractivity contribution in [3.05, 3.63) is 36.3 Å². The number of benzene rings is 1. The van der Waals surface area contributed by atoms with Crippen molar-refractivity contribution >= 4 is 21.5 Å². The number of anilines is 1. The van der Waals surface area contributed by atoms with Gasteiger partial charge >= 0.3 is 0 Å². The van der Waals surface area contributed by atoms with Crippen molar-refractivity contribution in [1.82, 2.24) is 24.3 Å². The predicted molar refractivity (Wildman–Crippen MR) is 109 cm³/mol. The number of imidazole rings is 1.